The van der Waals surface area contributed by atoms with Crippen molar-refractivity contribution in [3.63, 3.8) is 0 Å². The first-order valence-electron chi connectivity index (χ1n) is 9.26. The number of benzene rings is 2. The molecular weight excluding hydrogens is 391 g/mol. The maximum absolute atomic E-state index is 14.5. The molecule has 1 saturated heterocycles. The van der Waals surface area contributed by atoms with Crippen LogP contribution >= 0.6 is 11.6 Å². The Morgan fingerprint density at radius 3 is 2.52 bits per heavy atom. The normalized spacial score (nSPS) is 14.1. The first kappa shape index (κ1) is 19.2. The van der Waals surface area contributed by atoms with Gasteiger partial charge >= 0.3 is 0 Å². The van der Waals surface area contributed by atoms with Crippen LogP contribution in [0.4, 0.5) is 15.8 Å². The molecule has 0 saturated carbocycles. The summed E-state index contributed by atoms with van der Waals surface area (Å²) in [5.41, 5.74) is 2.93. The molecule has 0 unspecified atom stereocenters. The van der Waals surface area contributed by atoms with Crippen LogP contribution in [-0.4, -0.2) is 36.9 Å². The molecule has 1 aromatic heterocycles. The van der Waals surface area contributed by atoms with Gasteiger partial charge in [-0.1, -0.05) is 11.6 Å². The maximum Gasteiger partial charge on any atom is 0.159 e. The second-order valence-corrected chi connectivity index (χ2v) is 7.43. The molecule has 3 aromatic rings. The fraction of sp³-hybridized carbons (Fsp3) is 0.227. The van der Waals surface area contributed by atoms with Crippen molar-refractivity contribution in [2.45, 2.75) is 6.92 Å². The molecular formula is C22H18ClFN4O. The van der Waals surface area contributed by atoms with Crippen molar-refractivity contribution in [2.24, 2.45) is 0 Å². The highest BCUT2D eigenvalue weighted by Crippen LogP contribution is 2.33. The fourth-order valence-corrected chi connectivity index (χ4v) is 3.90. The summed E-state index contributed by atoms with van der Waals surface area (Å²) in [5.74, 6) is -0.558. The number of pyridine rings is 1. The Labute approximate surface area is 172 Å². The molecule has 0 bridgehead atoms. The van der Waals surface area contributed by atoms with Crippen LogP contribution in [-0.2, 0) is 0 Å². The first-order chi connectivity index (χ1) is 14.0. The van der Waals surface area contributed by atoms with E-state index in [9.17, 15) is 14.4 Å². The molecule has 2 aromatic carbocycles. The van der Waals surface area contributed by atoms with Gasteiger partial charge in [-0.15, -0.1) is 0 Å². The van der Waals surface area contributed by atoms with Crippen LogP contribution in [0.1, 0.15) is 22.8 Å². The van der Waals surface area contributed by atoms with E-state index in [-0.39, 0.29) is 5.78 Å². The van der Waals surface area contributed by atoms with E-state index in [1.807, 2.05) is 17.0 Å². The highest BCUT2D eigenvalue weighted by atomic mass is 35.5. The summed E-state index contributed by atoms with van der Waals surface area (Å²) in [6.45, 7) is 3.84. The van der Waals surface area contributed by atoms with Crippen molar-refractivity contribution in [3.05, 3.63) is 64.6 Å². The standard InChI is InChI=1S/C22H18ClFN4O/c1-14(29)15-2-5-21(19(24)10-15)27-6-8-28(9-7-27)22-16(12-25)13-26-20-4-3-17(23)11-18(20)22/h2-5,10-11,13H,6-9H2,1H3. The van der Waals surface area contributed by atoms with Crippen LogP contribution in [0.25, 0.3) is 10.9 Å². The Bertz CT molecular complexity index is 1150. The van der Waals surface area contributed by atoms with Crippen LogP contribution < -0.4 is 9.80 Å². The highest BCUT2D eigenvalue weighted by molar-refractivity contribution is 6.31. The number of nitrogens with zero attached hydrogens (tertiary/aromatic N) is 4. The van der Waals surface area contributed by atoms with Crippen molar-refractivity contribution in [2.75, 3.05) is 36.0 Å². The van der Waals surface area contributed by atoms with Gasteiger partial charge in [-0.25, -0.2) is 4.39 Å². The van der Waals surface area contributed by atoms with E-state index in [2.05, 4.69) is 16.0 Å². The van der Waals surface area contributed by atoms with E-state index < -0.39 is 5.82 Å². The molecule has 4 rings (SSSR count). The SMILES string of the molecule is CC(=O)c1ccc(N2CCN(c3c(C#N)cnc4ccc(Cl)cc34)CC2)c(F)c1. The number of rotatable bonds is 3. The number of halogens is 2. The highest BCUT2D eigenvalue weighted by Gasteiger charge is 2.23. The van der Waals surface area contributed by atoms with Crippen molar-refractivity contribution in [3.8, 4) is 6.07 Å². The number of hydrogen-bond donors (Lipinski definition) is 0. The Hall–Kier alpha value is -3.17. The van der Waals surface area contributed by atoms with Gasteiger partial charge in [0.2, 0.25) is 0 Å². The van der Waals surface area contributed by atoms with Gasteiger partial charge in [0, 0.05) is 48.3 Å². The monoisotopic (exact) mass is 408 g/mol. The average Bonchev–Trinajstić information content (AvgIpc) is 2.73. The van der Waals surface area contributed by atoms with Gasteiger partial charge in [-0.3, -0.25) is 9.78 Å². The number of hydrogen-bond acceptors (Lipinski definition) is 5. The number of nitriles is 1. The van der Waals surface area contributed by atoms with Crippen molar-refractivity contribution in [1.82, 2.24) is 4.98 Å². The Kier molecular flexibility index (Phi) is 5.08. The molecule has 1 fully saturated rings. The predicted molar refractivity (Wildman–Crippen MR) is 112 cm³/mol. The number of piperazine rings is 1. The Morgan fingerprint density at radius 1 is 1.14 bits per heavy atom. The first-order valence-corrected chi connectivity index (χ1v) is 9.64. The molecule has 29 heavy (non-hydrogen) atoms. The largest absolute Gasteiger partial charge is 0.366 e. The summed E-state index contributed by atoms with van der Waals surface area (Å²) < 4.78 is 14.5. The molecule has 0 spiro atoms. The quantitative estimate of drug-likeness (QED) is 0.600. The molecule has 7 heteroatoms. The predicted octanol–water partition coefficient (Wildman–Crippen LogP) is 4.43. The van der Waals surface area contributed by atoms with E-state index in [1.165, 1.54) is 13.0 Å². The number of carbonyl (C=O) groups is 1. The van der Waals surface area contributed by atoms with Gasteiger partial charge in [-0.05, 0) is 43.3 Å². The lowest BCUT2D eigenvalue weighted by Crippen LogP contribution is -2.47. The zero-order chi connectivity index (χ0) is 20.5. The second kappa shape index (κ2) is 7.69. The van der Waals surface area contributed by atoms with Crippen LogP contribution in [0.5, 0.6) is 0 Å². The van der Waals surface area contributed by atoms with Gasteiger partial charge in [0.1, 0.15) is 11.9 Å². The van der Waals surface area contributed by atoms with E-state index >= 15 is 0 Å². The molecule has 0 radical (unpaired) electrons. The van der Waals surface area contributed by atoms with E-state index in [0.29, 0.717) is 48.0 Å². The maximum atomic E-state index is 14.5. The van der Waals surface area contributed by atoms with E-state index in [4.69, 9.17) is 11.6 Å². The Balaban J connectivity index is 1.62. The lowest BCUT2D eigenvalue weighted by atomic mass is 10.1. The molecule has 0 atom stereocenters. The van der Waals surface area contributed by atoms with Crippen molar-refractivity contribution < 1.29 is 9.18 Å². The number of ketones is 1. The minimum absolute atomic E-state index is 0.160. The smallest absolute Gasteiger partial charge is 0.159 e. The van der Waals surface area contributed by atoms with Crippen molar-refractivity contribution >= 4 is 39.7 Å². The summed E-state index contributed by atoms with van der Waals surface area (Å²) in [6.07, 6.45) is 1.58. The lowest BCUT2D eigenvalue weighted by molar-refractivity contribution is 0.101. The van der Waals surface area contributed by atoms with Gasteiger partial charge in [0.15, 0.2) is 5.78 Å². The molecule has 2 heterocycles. The molecule has 1 aliphatic rings. The average molecular weight is 409 g/mol. The minimum atomic E-state index is -0.398. The third-order valence-corrected chi connectivity index (χ3v) is 5.45. The number of fused-ring (bicyclic) bond motifs is 1. The summed E-state index contributed by atoms with van der Waals surface area (Å²) in [5, 5.41) is 11.0. The van der Waals surface area contributed by atoms with Gasteiger partial charge < -0.3 is 9.80 Å². The zero-order valence-corrected chi connectivity index (χ0v) is 16.6. The van der Waals surface area contributed by atoms with Crippen LogP contribution in [0, 0.1) is 17.1 Å². The molecule has 5 nitrogen and oxygen atoms in total. The van der Waals surface area contributed by atoms with Gasteiger partial charge in [0.25, 0.3) is 0 Å². The number of carbonyl (C=O) groups excluding carboxylic acids is 1. The van der Waals surface area contributed by atoms with Crippen LogP contribution in [0.15, 0.2) is 42.6 Å². The zero-order valence-electron chi connectivity index (χ0n) is 15.8. The third-order valence-electron chi connectivity index (χ3n) is 5.21. The fourth-order valence-electron chi connectivity index (χ4n) is 3.73. The topological polar surface area (TPSA) is 60.2 Å². The second-order valence-electron chi connectivity index (χ2n) is 6.99. The van der Waals surface area contributed by atoms with Gasteiger partial charge in [-0.2, -0.15) is 5.26 Å². The molecule has 0 amide bonds. The molecule has 1 aliphatic heterocycles. The summed E-state index contributed by atoms with van der Waals surface area (Å²) >= 11 is 6.18. The van der Waals surface area contributed by atoms with Crippen LogP contribution in [0.3, 0.4) is 0 Å². The summed E-state index contributed by atoms with van der Waals surface area (Å²) in [7, 11) is 0. The van der Waals surface area contributed by atoms with Crippen LogP contribution in [0.2, 0.25) is 5.02 Å². The molecule has 0 N–H and O–H groups in total. The number of anilines is 2. The minimum Gasteiger partial charge on any atom is -0.366 e. The Morgan fingerprint density at radius 2 is 1.86 bits per heavy atom. The summed E-state index contributed by atoms with van der Waals surface area (Å²) in [4.78, 5) is 19.9. The lowest BCUT2D eigenvalue weighted by Gasteiger charge is -2.38. The van der Waals surface area contributed by atoms with Crippen molar-refractivity contribution in [1.29, 1.82) is 5.26 Å². The van der Waals surface area contributed by atoms with E-state index in [1.54, 1.807) is 24.4 Å². The number of aromatic nitrogens is 1. The van der Waals surface area contributed by atoms with E-state index in [0.717, 1.165) is 16.6 Å². The number of Topliss-reactive ketones (excluding diaryl/α,β-unsaturated/α-hetero) is 1. The molecule has 0 aliphatic carbocycles. The summed E-state index contributed by atoms with van der Waals surface area (Å²) in [6, 6.07) is 12.3. The van der Waals surface area contributed by atoms with Gasteiger partial charge in [0.05, 0.1) is 22.5 Å². The molecule has 146 valence electrons. The third kappa shape index (κ3) is 3.62.